The van der Waals surface area contributed by atoms with Gasteiger partial charge in [-0.2, -0.15) is 0 Å². The summed E-state index contributed by atoms with van der Waals surface area (Å²) in [5.41, 5.74) is 5.29. The van der Waals surface area contributed by atoms with Crippen LogP contribution in [0.2, 0.25) is 0 Å². The number of thiazole rings is 1. The number of nitrogens with zero attached hydrogens (tertiary/aromatic N) is 7. The third-order valence-corrected chi connectivity index (χ3v) is 8.75. The first-order valence-corrected chi connectivity index (χ1v) is 14.5. The van der Waals surface area contributed by atoms with Crippen molar-refractivity contribution in [2.24, 2.45) is 17.9 Å². The monoisotopic (exact) mass is 642 g/mol. The molecule has 2 aromatic heterocycles. The molecular weight excluding hydrogens is 620 g/mol. The Hall–Kier alpha value is -4.28. The smallest absolute Gasteiger partial charge is 0.413 e. The summed E-state index contributed by atoms with van der Waals surface area (Å²) in [6.45, 7) is -0.581. The molecule has 1 saturated heterocycles. The number of nitrogens with one attached hydrogen (secondary N) is 2. The molecule has 2 aromatic rings. The first kappa shape index (κ1) is 30.7. The number of fused-ring (bicyclic) bond motifs is 1. The van der Waals surface area contributed by atoms with Crippen LogP contribution in [0.25, 0.3) is 0 Å². The Bertz CT molecular complexity index is 1470. The maximum absolute atomic E-state index is 13.1. The summed E-state index contributed by atoms with van der Waals surface area (Å²) in [5.74, 6) is -3.57. The van der Waals surface area contributed by atoms with Gasteiger partial charge in [-0.25, -0.2) is 19.3 Å². The van der Waals surface area contributed by atoms with E-state index in [2.05, 4.69) is 36.3 Å². The molecule has 3 amide bonds. The Morgan fingerprint density at radius 3 is 2.74 bits per heavy atom. The number of carbonyl (C=O) groups excluding carboxylic acids is 3. The number of carboxylic acid groups (broad SMARTS) is 2. The number of carbonyl (C=O) groups is 5. The van der Waals surface area contributed by atoms with Crippen molar-refractivity contribution in [1.82, 2.24) is 35.4 Å². The van der Waals surface area contributed by atoms with E-state index in [0.29, 0.717) is 10.7 Å². The summed E-state index contributed by atoms with van der Waals surface area (Å²) in [5, 5.41) is 39.4. The van der Waals surface area contributed by atoms with Crippen LogP contribution in [0.3, 0.4) is 0 Å². The lowest BCUT2D eigenvalue weighted by Gasteiger charge is -2.49. The average molecular weight is 643 g/mol. The van der Waals surface area contributed by atoms with E-state index in [1.165, 1.54) is 40.7 Å². The van der Waals surface area contributed by atoms with Gasteiger partial charge in [0.2, 0.25) is 5.16 Å². The van der Waals surface area contributed by atoms with Crippen molar-refractivity contribution in [3.63, 3.8) is 0 Å². The summed E-state index contributed by atoms with van der Waals surface area (Å²) in [7, 11) is 2.84. The van der Waals surface area contributed by atoms with E-state index in [1.54, 1.807) is 7.05 Å². The van der Waals surface area contributed by atoms with Gasteiger partial charge in [0.1, 0.15) is 42.6 Å². The lowest BCUT2D eigenvalue weighted by Crippen LogP contribution is -2.71. The van der Waals surface area contributed by atoms with Crippen LogP contribution in [-0.4, -0.2) is 119 Å². The number of tetrazole rings is 1. The number of oxime groups is 1. The van der Waals surface area contributed by atoms with E-state index in [0.717, 1.165) is 16.2 Å². The van der Waals surface area contributed by atoms with Crippen LogP contribution < -0.4 is 16.4 Å². The Balaban J connectivity index is 1.40. The molecule has 2 aliphatic heterocycles. The van der Waals surface area contributed by atoms with Gasteiger partial charge in [-0.1, -0.05) is 16.9 Å². The van der Waals surface area contributed by atoms with Gasteiger partial charge in [0.15, 0.2) is 10.8 Å². The first-order valence-electron chi connectivity index (χ1n) is 11.6. The minimum atomic E-state index is -1.41. The summed E-state index contributed by atoms with van der Waals surface area (Å²) in [6.07, 6.45) is -1.02. The van der Waals surface area contributed by atoms with Gasteiger partial charge < -0.3 is 30.8 Å². The topological polar surface area (TPSA) is 266 Å². The fraction of sp³-hybridized carbons (Fsp3) is 0.400. The highest BCUT2D eigenvalue weighted by molar-refractivity contribution is 8.01. The molecule has 0 radical (unpaired) electrons. The van der Waals surface area contributed by atoms with Gasteiger partial charge in [0, 0.05) is 23.9 Å². The van der Waals surface area contributed by atoms with Crippen LogP contribution in [0, 0.1) is 0 Å². The second-order valence-electron chi connectivity index (χ2n) is 8.32. The number of nitrogens with two attached hydrogens (primary N) is 1. The SMILES string of the molecule is CO/N=C(/C(=O)N[C@@H]1C(=O)N2C(C(=O)O)=C(CSc3nnnn3C)CS[C@H]12)c1csc(NC(=O)OC[C@@H](N)C(=O)O)n1. The maximum Gasteiger partial charge on any atom is 0.413 e. The van der Waals surface area contributed by atoms with Gasteiger partial charge in [0.25, 0.3) is 11.8 Å². The molecule has 0 spiro atoms. The zero-order valence-electron chi connectivity index (χ0n) is 21.6. The maximum atomic E-state index is 13.1. The summed E-state index contributed by atoms with van der Waals surface area (Å²) < 4.78 is 6.16. The fourth-order valence-corrected chi connectivity index (χ4v) is 6.61. The standard InChI is InChI=1S/C20H22N10O9S3/c1-29-19(25-27-28-29)42-5-7-4-40-15-11(14(32)30(15)12(7)17(35)36)23-13(31)10(26-38-2)9-6-41-18(22-9)24-20(37)39-3-8(21)16(33)34/h6,8,11,15H,3-5,21H2,1-2H3,(H,23,31)(H,33,34)(H,35,36)(H,22,24,37)/b26-10+/t8-,11-,15-/m1/s1. The number of aromatic nitrogens is 5. The number of hydrogen-bond acceptors (Lipinski definition) is 16. The van der Waals surface area contributed by atoms with Crippen LogP contribution in [0.5, 0.6) is 0 Å². The first-order chi connectivity index (χ1) is 20.0. The number of anilines is 1. The summed E-state index contributed by atoms with van der Waals surface area (Å²) in [6, 6.07) is -2.46. The normalized spacial score (nSPS) is 19.0. The Kier molecular flexibility index (Phi) is 9.59. The molecule has 6 N–H and O–H groups in total. The molecule has 0 aromatic carbocycles. The molecule has 19 nitrogen and oxygen atoms in total. The van der Waals surface area contributed by atoms with Crippen LogP contribution in [-0.2, 0) is 35.8 Å². The third-order valence-electron chi connectivity index (χ3n) is 5.56. The van der Waals surface area contributed by atoms with E-state index < -0.39 is 53.9 Å². The molecule has 1 fully saturated rings. The largest absolute Gasteiger partial charge is 0.480 e. The number of hydrogen-bond donors (Lipinski definition) is 5. The molecule has 22 heteroatoms. The average Bonchev–Trinajstić information content (AvgIpc) is 3.59. The number of carboxylic acids is 2. The molecule has 4 heterocycles. The molecule has 3 atom stereocenters. The van der Waals surface area contributed by atoms with Crippen molar-refractivity contribution in [3.05, 3.63) is 22.3 Å². The van der Waals surface area contributed by atoms with Crippen LogP contribution >= 0.6 is 34.9 Å². The second kappa shape index (κ2) is 13.1. The Labute approximate surface area is 247 Å². The van der Waals surface area contributed by atoms with E-state index in [4.69, 9.17) is 20.4 Å². The van der Waals surface area contributed by atoms with Crippen molar-refractivity contribution in [2.75, 3.05) is 30.5 Å². The number of amides is 3. The third kappa shape index (κ3) is 6.61. The molecule has 4 rings (SSSR count). The highest BCUT2D eigenvalue weighted by Gasteiger charge is 2.54. The lowest BCUT2D eigenvalue weighted by molar-refractivity contribution is -0.150. The molecule has 2 aliphatic rings. The number of β-lactam (4-membered cyclic amide) rings is 1. The highest BCUT2D eigenvalue weighted by Crippen LogP contribution is 2.41. The lowest BCUT2D eigenvalue weighted by atomic mass is 10.0. The van der Waals surface area contributed by atoms with Gasteiger partial charge >= 0.3 is 18.0 Å². The zero-order valence-corrected chi connectivity index (χ0v) is 24.1. The molecule has 0 saturated carbocycles. The van der Waals surface area contributed by atoms with Crippen LogP contribution in [0.15, 0.2) is 27.0 Å². The van der Waals surface area contributed by atoms with Crippen molar-refractivity contribution in [3.8, 4) is 0 Å². The van der Waals surface area contributed by atoms with Crippen molar-refractivity contribution in [1.29, 1.82) is 0 Å². The number of rotatable bonds is 12. The Morgan fingerprint density at radius 2 is 2.10 bits per heavy atom. The van der Waals surface area contributed by atoms with Crippen molar-refractivity contribution < 1.29 is 43.8 Å². The highest BCUT2D eigenvalue weighted by atomic mass is 32.2. The molecule has 0 unspecified atom stereocenters. The second-order valence-corrected chi connectivity index (χ2v) is 11.2. The van der Waals surface area contributed by atoms with Crippen molar-refractivity contribution >= 4 is 75.6 Å². The van der Waals surface area contributed by atoms with E-state index in [1.807, 2.05) is 0 Å². The van der Waals surface area contributed by atoms with E-state index >= 15 is 0 Å². The van der Waals surface area contributed by atoms with E-state index in [-0.39, 0.29) is 33.7 Å². The van der Waals surface area contributed by atoms with Gasteiger partial charge in [-0.15, -0.1) is 28.2 Å². The van der Waals surface area contributed by atoms with Gasteiger partial charge in [-0.3, -0.25) is 24.6 Å². The molecule has 0 bridgehead atoms. The predicted molar refractivity (Wildman–Crippen MR) is 145 cm³/mol. The van der Waals surface area contributed by atoms with Crippen LogP contribution in [0.1, 0.15) is 5.69 Å². The number of aryl methyl sites for hydroxylation is 1. The summed E-state index contributed by atoms with van der Waals surface area (Å²) in [4.78, 5) is 70.9. The van der Waals surface area contributed by atoms with Gasteiger partial charge in [0.05, 0.1) is 0 Å². The summed E-state index contributed by atoms with van der Waals surface area (Å²) >= 11 is 3.41. The zero-order chi connectivity index (χ0) is 30.6. The van der Waals surface area contributed by atoms with Crippen LogP contribution in [0.4, 0.5) is 9.93 Å². The number of thioether (sulfide) groups is 2. The Morgan fingerprint density at radius 1 is 1.33 bits per heavy atom. The number of ether oxygens (including phenoxy) is 1. The molecule has 42 heavy (non-hydrogen) atoms. The predicted octanol–water partition coefficient (Wildman–Crippen LogP) is -1.49. The molecule has 0 aliphatic carbocycles. The quantitative estimate of drug-likeness (QED) is 0.0763. The fourth-order valence-electron chi connectivity index (χ4n) is 3.60. The minimum Gasteiger partial charge on any atom is -0.480 e. The van der Waals surface area contributed by atoms with E-state index in [9.17, 15) is 29.1 Å². The van der Waals surface area contributed by atoms with Gasteiger partial charge in [-0.05, 0) is 16.0 Å². The number of aliphatic carboxylic acids is 2. The minimum absolute atomic E-state index is 0.0111. The molecular formula is C20H22N10O9S3. The van der Waals surface area contributed by atoms with Crippen molar-refractivity contribution in [2.45, 2.75) is 22.6 Å². The molecule has 224 valence electrons.